The van der Waals surface area contributed by atoms with Gasteiger partial charge in [0.25, 0.3) is 0 Å². The van der Waals surface area contributed by atoms with E-state index in [0.717, 1.165) is 25.1 Å². The molecule has 20 heavy (non-hydrogen) atoms. The van der Waals surface area contributed by atoms with E-state index in [1.807, 2.05) is 0 Å². The Hall–Kier alpha value is -1.20. The molecule has 5 heteroatoms. The van der Waals surface area contributed by atoms with E-state index in [0.29, 0.717) is 5.92 Å². The SMILES string of the molecule is CC(C)CC1CNCC(c2ccc(OC(F)F)cc2)O1. The highest BCUT2D eigenvalue weighted by molar-refractivity contribution is 5.29. The number of morpholine rings is 1. The number of benzene rings is 1. The molecular formula is C15H21F2NO2. The molecule has 1 aliphatic heterocycles. The summed E-state index contributed by atoms with van der Waals surface area (Å²) in [6.07, 6.45) is 1.18. The second kappa shape index (κ2) is 6.99. The first-order valence-electron chi connectivity index (χ1n) is 6.95. The molecule has 3 nitrogen and oxygen atoms in total. The van der Waals surface area contributed by atoms with Crippen molar-refractivity contribution in [2.45, 2.75) is 39.1 Å². The molecule has 1 aliphatic rings. The second-order valence-corrected chi connectivity index (χ2v) is 5.48. The number of alkyl halides is 2. The summed E-state index contributed by atoms with van der Waals surface area (Å²) in [5, 5.41) is 3.36. The summed E-state index contributed by atoms with van der Waals surface area (Å²) in [5.74, 6) is 0.758. The Bertz CT molecular complexity index is 409. The van der Waals surface area contributed by atoms with Gasteiger partial charge in [0.05, 0.1) is 12.2 Å². The molecule has 0 bridgehead atoms. The summed E-state index contributed by atoms with van der Waals surface area (Å²) >= 11 is 0. The Kier molecular flexibility index (Phi) is 5.31. The number of nitrogens with one attached hydrogen (secondary N) is 1. The number of hydrogen-bond donors (Lipinski definition) is 1. The van der Waals surface area contributed by atoms with Gasteiger partial charge in [0.1, 0.15) is 5.75 Å². The van der Waals surface area contributed by atoms with Crippen LogP contribution in [0, 0.1) is 5.92 Å². The van der Waals surface area contributed by atoms with Gasteiger partial charge in [-0.3, -0.25) is 0 Å². The first-order valence-corrected chi connectivity index (χ1v) is 6.95. The molecule has 0 aromatic heterocycles. The van der Waals surface area contributed by atoms with Gasteiger partial charge in [0.15, 0.2) is 0 Å². The van der Waals surface area contributed by atoms with E-state index in [1.165, 1.54) is 0 Å². The van der Waals surface area contributed by atoms with Gasteiger partial charge in [0, 0.05) is 13.1 Å². The van der Waals surface area contributed by atoms with Gasteiger partial charge >= 0.3 is 6.61 Å². The average molecular weight is 285 g/mol. The Labute approximate surface area is 118 Å². The smallest absolute Gasteiger partial charge is 0.387 e. The lowest BCUT2D eigenvalue weighted by Gasteiger charge is -2.32. The topological polar surface area (TPSA) is 30.5 Å². The highest BCUT2D eigenvalue weighted by atomic mass is 19.3. The number of ether oxygens (including phenoxy) is 2. The third kappa shape index (κ3) is 4.42. The van der Waals surface area contributed by atoms with Crippen LogP contribution in [0.4, 0.5) is 8.78 Å². The molecule has 1 fully saturated rings. The van der Waals surface area contributed by atoms with E-state index in [-0.39, 0.29) is 18.0 Å². The van der Waals surface area contributed by atoms with E-state index in [1.54, 1.807) is 24.3 Å². The van der Waals surface area contributed by atoms with E-state index in [4.69, 9.17) is 4.74 Å². The fourth-order valence-corrected chi connectivity index (χ4v) is 2.43. The largest absolute Gasteiger partial charge is 0.435 e. The summed E-state index contributed by atoms with van der Waals surface area (Å²) in [4.78, 5) is 0. The predicted molar refractivity (Wildman–Crippen MR) is 73.0 cm³/mol. The molecule has 1 N–H and O–H groups in total. The molecule has 2 unspecified atom stereocenters. The first-order chi connectivity index (χ1) is 9.54. The second-order valence-electron chi connectivity index (χ2n) is 5.48. The molecule has 1 aromatic rings. The van der Waals surface area contributed by atoms with E-state index < -0.39 is 6.61 Å². The van der Waals surface area contributed by atoms with Crippen molar-refractivity contribution in [2.75, 3.05) is 13.1 Å². The Morgan fingerprint density at radius 2 is 1.95 bits per heavy atom. The summed E-state index contributed by atoms with van der Waals surface area (Å²) in [5.41, 5.74) is 0.979. The maximum absolute atomic E-state index is 12.1. The monoisotopic (exact) mass is 285 g/mol. The summed E-state index contributed by atoms with van der Waals surface area (Å²) in [7, 11) is 0. The minimum atomic E-state index is -2.79. The van der Waals surface area contributed by atoms with Crippen LogP contribution >= 0.6 is 0 Å². The molecular weight excluding hydrogens is 264 g/mol. The van der Waals surface area contributed by atoms with Gasteiger partial charge in [0.2, 0.25) is 0 Å². The summed E-state index contributed by atoms with van der Waals surface area (Å²) in [6, 6.07) is 6.66. The molecule has 1 heterocycles. The Morgan fingerprint density at radius 3 is 2.55 bits per heavy atom. The fourth-order valence-electron chi connectivity index (χ4n) is 2.43. The van der Waals surface area contributed by atoms with E-state index >= 15 is 0 Å². The fraction of sp³-hybridized carbons (Fsp3) is 0.600. The minimum absolute atomic E-state index is 0.0342. The molecule has 0 amide bonds. The third-order valence-corrected chi connectivity index (χ3v) is 3.27. The lowest BCUT2D eigenvalue weighted by molar-refractivity contribution is -0.0506. The molecule has 0 aliphatic carbocycles. The van der Waals surface area contributed by atoms with Gasteiger partial charge in [-0.1, -0.05) is 26.0 Å². The van der Waals surface area contributed by atoms with Gasteiger partial charge in [-0.2, -0.15) is 8.78 Å². The highest BCUT2D eigenvalue weighted by Gasteiger charge is 2.23. The van der Waals surface area contributed by atoms with E-state index in [2.05, 4.69) is 23.9 Å². The van der Waals surface area contributed by atoms with Crippen LogP contribution in [0.15, 0.2) is 24.3 Å². The molecule has 0 spiro atoms. The van der Waals surface area contributed by atoms with Crippen molar-refractivity contribution in [1.82, 2.24) is 5.32 Å². The maximum atomic E-state index is 12.1. The molecule has 1 aromatic carbocycles. The predicted octanol–water partition coefficient (Wildman–Crippen LogP) is 3.36. The molecule has 112 valence electrons. The first kappa shape index (κ1) is 15.2. The lowest BCUT2D eigenvalue weighted by atomic mass is 10.0. The van der Waals surface area contributed by atoms with Crippen LogP contribution in [-0.2, 0) is 4.74 Å². The van der Waals surface area contributed by atoms with Crippen LogP contribution in [0.5, 0.6) is 5.75 Å². The van der Waals surface area contributed by atoms with Crippen LogP contribution in [0.2, 0.25) is 0 Å². The van der Waals surface area contributed by atoms with Crippen LogP contribution in [0.3, 0.4) is 0 Å². The van der Waals surface area contributed by atoms with Crippen LogP contribution in [0.1, 0.15) is 31.9 Å². The molecule has 0 saturated carbocycles. The minimum Gasteiger partial charge on any atom is -0.435 e. The molecule has 2 atom stereocenters. The highest BCUT2D eigenvalue weighted by Crippen LogP contribution is 2.26. The summed E-state index contributed by atoms with van der Waals surface area (Å²) < 4.78 is 34.6. The van der Waals surface area contributed by atoms with Gasteiger partial charge in [-0.15, -0.1) is 0 Å². The molecule has 2 rings (SSSR count). The van der Waals surface area contributed by atoms with Crippen molar-refractivity contribution in [1.29, 1.82) is 0 Å². The van der Waals surface area contributed by atoms with Gasteiger partial charge in [-0.25, -0.2) is 0 Å². The van der Waals surface area contributed by atoms with Gasteiger partial charge in [-0.05, 0) is 30.0 Å². The zero-order valence-corrected chi connectivity index (χ0v) is 11.8. The molecule has 0 radical (unpaired) electrons. The normalized spacial score (nSPS) is 23.3. The van der Waals surface area contributed by atoms with Crippen molar-refractivity contribution in [3.63, 3.8) is 0 Å². The van der Waals surface area contributed by atoms with Crippen LogP contribution in [0.25, 0.3) is 0 Å². The van der Waals surface area contributed by atoms with E-state index in [9.17, 15) is 8.78 Å². The van der Waals surface area contributed by atoms with Crippen molar-refractivity contribution < 1.29 is 18.3 Å². The number of rotatable bonds is 5. The Balaban J connectivity index is 1.96. The van der Waals surface area contributed by atoms with Crippen LogP contribution in [-0.4, -0.2) is 25.8 Å². The zero-order valence-electron chi connectivity index (χ0n) is 11.8. The van der Waals surface area contributed by atoms with Crippen molar-refractivity contribution in [2.24, 2.45) is 5.92 Å². The summed E-state index contributed by atoms with van der Waals surface area (Å²) in [6.45, 7) is 3.15. The Morgan fingerprint density at radius 1 is 1.25 bits per heavy atom. The number of hydrogen-bond acceptors (Lipinski definition) is 3. The van der Waals surface area contributed by atoms with Crippen molar-refractivity contribution >= 4 is 0 Å². The standard InChI is InChI=1S/C15H21F2NO2/c1-10(2)7-13-8-18-9-14(19-13)11-3-5-12(6-4-11)20-15(16)17/h3-6,10,13-15,18H,7-9H2,1-2H3. The van der Waals surface area contributed by atoms with Crippen LogP contribution < -0.4 is 10.1 Å². The van der Waals surface area contributed by atoms with Crippen molar-refractivity contribution in [3.8, 4) is 5.75 Å². The maximum Gasteiger partial charge on any atom is 0.387 e. The lowest BCUT2D eigenvalue weighted by Crippen LogP contribution is -2.41. The quantitative estimate of drug-likeness (QED) is 0.900. The average Bonchev–Trinajstić information content (AvgIpc) is 2.38. The molecule has 1 saturated heterocycles. The van der Waals surface area contributed by atoms with Gasteiger partial charge < -0.3 is 14.8 Å². The van der Waals surface area contributed by atoms with Crippen molar-refractivity contribution in [3.05, 3.63) is 29.8 Å². The number of halogens is 2. The third-order valence-electron chi connectivity index (χ3n) is 3.27. The zero-order chi connectivity index (χ0) is 14.5.